The van der Waals surface area contributed by atoms with Crippen molar-refractivity contribution in [2.45, 2.75) is 0 Å². The normalized spacial score (nSPS) is 11.3. The molecule has 0 spiro atoms. The van der Waals surface area contributed by atoms with Crippen LogP contribution in [0.1, 0.15) is 0 Å². The highest BCUT2D eigenvalue weighted by Crippen LogP contribution is 2.26. The number of nitrogens with one attached hydrogen (secondary N) is 1. The molecule has 8 heteroatoms. The number of benzene rings is 1. The SMILES string of the molecule is CN(C)CCOc1cccc(Nc2nccn3c(-c4cnn(C)c4)cnc23)c1. The van der Waals surface area contributed by atoms with Crippen molar-refractivity contribution in [3.63, 3.8) is 0 Å². The summed E-state index contributed by atoms with van der Waals surface area (Å²) in [6.07, 6.45) is 9.28. The van der Waals surface area contributed by atoms with Gasteiger partial charge in [-0.2, -0.15) is 5.10 Å². The molecule has 0 saturated carbocycles. The minimum absolute atomic E-state index is 0.638. The number of anilines is 2. The lowest BCUT2D eigenvalue weighted by Gasteiger charge is -2.12. The molecule has 1 N–H and O–H groups in total. The smallest absolute Gasteiger partial charge is 0.180 e. The first-order valence-electron chi connectivity index (χ1n) is 9.06. The number of nitrogens with zero attached hydrogens (tertiary/aromatic N) is 6. The third kappa shape index (κ3) is 3.81. The molecule has 144 valence electrons. The summed E-state index contributed by atoms with van der Waals surface area (Å²) in [7, 11) is 5.95. The first-order valence-corrected chi connectivity index (χ1v) is 9.06. The summed E-state index contributed by atoms with van der Waals surface area (Å²) in [4.78, 5) is 11.1. The maximum atomic E-state index is 5.81. The van der Waals surface area contributed by atoms with Crippen molar-refractivity contribution in [3.05, 3.63) is 55.2 Å². The maximum Gasteiger partial charge on any atom is 0.180 e. The molecule has 0 radical (unpaired) electrons. The number of likely N-dealkylation sites (N-methyl/N-ethyl adjacent to an activating group) is 1. The van der Waals surface area contributed by atoms with E-state index in [1.54, 1.807) is 10.9 Å². The van der Waals surface area contributed by atoms with E-state index in [9.17, 15) is 0 Å². The maximum absolute atomic E-state index is 5.81. The highest BCUT2D eigenvalue weighted by atomic mass is 16.5. The van der Waals surface area contributed by atoms with Crippen LogP contribution in [0.25, 0.3) is 16.9 Å². The van der Waals surface area contributed by atoms with Gasteiger partial charge in [-0.15, -0.1) is 0 Å². The number of hydrogen-bond donors (Lipinski definition) is 1. The quantitative estimate of drug-likeness (QED) is 0.534. The first kappa shape index (κ1) is 18.0. The predicted molar refractivity (Wildman–Crippen MR) is 109 cm³/mol. The number of rotatable bonds is 7. The van der Waals surface area contributed by atoms with Crippen molar-refractivity contribution < 1.29 is 4.74 Å². The van der Waals surface area contributed by atoms with E-state index in [1.165, 1.54) is 0 Å². The molecule has 4 aromatic rings. The Morgan fingerprint density at radius 3 is 2.86 bits per heavy atom. The van der Waals surface area contributed by atoms with Gasteiger partial charge in [0.2, 0.25) is 0 Å². The Balaban J connectivity index is 1.58. The average Bonchev–Trinajstić information content (AvgIpc) is 3.28. The summed E-state index contributed by atoms with van der Waals surface area (Å²) < 4.78 is 9.59. The van der Waals surface area contributed by atoms with Crippen LogP contribution >= 0.6 is 0 Å². The monoisotopic (exact) mass is 377 g/mol. The molecule has 0 aliphatic carbocycles. The Kier molecular flexibility index (Phi) is 4.94. The molecule has 3 heterocycles. The van der Waals surface area contributed by atoms with Gasteiger partial charge >= 0.3 is 0 Å². The van der Waals surface area contributed by atoms with Crippen LogP contribution in [-0.2, 0) is 7.05 Å². The van der Waals surface area contributed by atoms with Crippen molar-refractivity contribution >= 4 is 17.2 Å². The first-order chi connectivity index (χ1) is 13.6. The van der Waals surface area contributed by atoms with Crippen molar-refractivity contribution in [1.82, 2.24) is 29.0 Å². The highest BCUT2D eigenvalue weighted by molar-refractivity contribution is 5.74. The third-order valence-electron chi connectivity index (χ3n) is 4.33. The van der Waals surface area contributed by atoms with E-state index in [0.717, 1.165) is 34.9 Å². The average molecular weight is 377 g/mol. The lowest BCUT2D eigenvalue weighted by atomic mass is 10.3. The van der Waals surface area contributed by atoms with Gasteiger partial charge in [0.1, 0.15) is 12.4 Å². The fourth-order valence-electron chi connectivity index (χ4n) is 2.92. The fourth-order valence-corrected chi connectivity index (χ4v) is 2.92. The van der Waals surface area contributed by atoms with Gasteiger partial charge in [-0.1, -0.05) is 6.07 Å². The van der Waals surface area contributed by atoms with Gasteiger partial charge in [0.05, 0.1) is 18.1 Å². The van der Waals surface area contributed by atoms with Crippen LogP contribution in [0.5, 0.6) is 5.75 Å². The van der Waals surface area contributed by atoms with E-state index in [0.29, 0.717) is 12.4 Å². The molecule has 0 amide bonds. The molecule has 3 aromatic heterocycles. The van der Waals surface area contributed by atoms with E-state index < -0.39 is 0 Å². The molecule has 1 aromatic carbocycles. The molecule has 0 bridgehead atoms. The van der Waals surface area contributed by atoms with Gasteiger partial charge in [0.25, 0.3) is 0 Å². The van der Waals surface area contributed by atoms with Crippen molar-refractivity contribution in [2.75, 3.05) is 32.6 Å². The van der Waals surface area contributed by atoms with E-state index >= 15 is 0 Å². The van der Waals surface area contributed by atoms with Crippen LogP contribution < -0.4 is 10.1 Å². The van der Waals surface area contributed by atoms with Crippen molar-refractivity contribution in [3.8, 4) is 17.0 Å². The minimum Gasteiger partial charge on any atom is -0.492 e. The van der Waals surface area contributed by atoms with Crippen LogP contribution in [0.15, 0.2) is 55.2 Å². The number of imidazole rings is 1. The molecule has 4 rings (SSSR count). The summed E-state index contributed by atoms with van der Waals surface area (Å²) in [5.41, 5.74) is 3.62. The molecular formula is C20H23N7O. The zero-order valence-corrected chi connectivity index (χ0v) is 16.2. The van der Waals surface area contributed by atoms with Crippen LogP contribution in [0.4, 0.5) is 11.5 Å². The van der Waals surface area contributed by atoms with E-state index in [4.69, 9.17) is 4.74 Å². The van der Waals surface area contributed by atoms with Crippen LogP contribution in [0.2, 0.25) is 0 Å². The molecule has 0 aliphatic heterocycles. The second kappa shape index (κ2) is 7.69. The topological polar surface area (TPSA) is 72.5 Å². The summed E-state index contributed by atoms with van der Waals surface area (Å²) >= 11 is 0. The van der Waals surface area contributed by atoms with Gasteiger partial charge in [0, 0.05) is 49.5 Å². The molecule has 0 atom stereocenters. The third-order valence-corrected chi connectivity index (χ3v) is 4.33. The number of aryl methyl sites for hydroxylation is 1. The Labute approximate surface area is 163 Å². The molecule has 28 heavy (non-hydrogen) atoms. The van der Waals surface area contributed by atoms with Crippen LogP contribution in [-0.4, -0.2) is 56.3 Å². The largest absolute Gasteiger partial charge is 0.492 e. The zero-order chi connectivity index (χ0) is 19.5. The predicted octanol–water partition coefficient (Wildman–Crippen LogP) is 2.81. The van der Waals surface area contributed by atoms with Gasteiger partial charge in [-0.3, -0.25) is 9.08 Å². The molecule has 0 unspecified atom stereocenters. The standard InChI is InChI=1S/C20H23N7O/c1-25(2)9-10-28-17-6-4-5-16(11-17)24-19-20-22-13-18(27(20)8-7-21-19)15-12-23-26(3)14-15/h4-8,11-14H,9-10H2,1-3H3,(H,21,24). The Bertz CT molecular complexity index is 1080. The van der Waals surface area contributed by atoms with Crippen molar-refractivity contribution in [2.24, 2.45) is 7.05 Å². The minimum atomic E-state index is 0.638. The number of hydrogen-bond acceptors (Lipinski definition) is 6. The van der Waals surface area contributed by atoms with Crippen molar-refractivity contribution in [1.29, 1.82) is 0 Å². The summed E-state index contributed by atoms with van der Waals surface area (Å²) in [5.74, 6) is 1.50. The molecular weight excluding hydrogens is 354 g/mol. The van der Waals surface area contributed by atoms with Crippen LogP contribution in [0.3, 0.4) is 0 Å². The van der Waals surface area contributed by atoms with Gasteiger partial charge in [-0.25, -0.2) is 9.97 Å². The van der Waals surface area contributed by atoms with Crippen LogP contribution in [0, 0.1) is 0 Å². The molecule has 8 nitrogen and oxygen atoms in total. The molecule has 0 aliphatic rings. The second-order valence-corrected chi connectivity index (χ2v) is 6.82. The summed E-state index contributed by atoms with van der Waals surface area (Å²) in [6.45, 7) is 1.50. The number of fused-ring (bicyclic) bond motifs is 1. The second-order valence-electron chi connectivity index (χ2n) is 6.82. The molecule has 0 fully saturated rings. The summed E-state index contributed by atoms with van der Waals surface area (Å²) in [5, 5.41) is 7.59. The lowest BCUT2D eigenvalue weighted by Crippen LogP contribution is -2.19. The number of aromatic nitrogens is 5. The number of ether oxygens (including phenoxy) is 1. The zero-order valence-electron chi connectivity index (χ0n) is 16.2. The van der Waals surface area contributed by atoms with Gasteiger partial charge in [-0.05, 0) is 26.2 Å². The Morgan fingerprint density at radius 1 is 1.18 bits per heavy atom. The Morgan fingerprint density at radius 2 is 2.07 bits per heavy atom. The summed E-state index contributed by atoms with van der Waals surface area (Å²) in [6, 6.07) is 7.85. The molecule has 0 saturated heterocycles. The fraction of sp³-hybridized carbons (Fsp3) is 0.250. The van der Waals surface area contributed by atoms with E-state index in [2.05, 4.69) is 25.3 Å². The highest BCUT2D eigenvalue weighted by Gasteiger charge is 2.12. The van der Waals surface area contributed by atoms with E-state index in [1.807, 2.05) is 74.6 Å². The van der Waals surface area contributed by atoms with E-state index in [-0.39, 0.29) is 0 Å². The van der Waals surface area contributed by atoms with Gasteiger partial charge in [0.15, 0.2) is 11.5 Å². The van der Waals surface area contributed by atoms with Gasteiger partial charge < -0.3 is 15.0 Å². The lowest BCUT2D eigenvalue weighted by molar-refractivity contribution is 0.261. The Hall–Kier alpha value is -3.39.